The van der Waals surface area contributed by atoms with Crippen LogP contribution in [0.2, 0.25) is 0 Å². The van der Waals surface area contributed by atoms with Crippen LogP contribution >= 0.6 is 0 Å². The van der Waals surface area contributed by atoms with Crippen LogP contribution in [-0.4, -0.2) is 23.2 Å². The fraction of sp³-hybridized carbons (Fsp3) is 0.286. The summed E-state index contributed by atoms with van der Waals surface area (Å²) in [6.45, 7) is 2.34. The summed E-state index contributed by atoms with van der Waals surface area (Å²) in [6.07, 6.45) is 1.16. The molecule has 0 aliphatic heterocycles. The van der Waals surface area contributed by atoms with E-state index in [2.05, 4.69) is 0 Å². The van der Waals surface area contributed by atoms with Crippen LogP contribution in [0.4, 0.5) is 4.79 Å². The summed E-state index contributed by atoms with van der Waals surface area (Å²) in [5.74, 6) is -0.649. The van der Waals surface area contributed by atoms with Crippen LogP contribution in [0.3, 0.4) is 0 Å². The lowest BCUT2D eigenvalue weighted by atomic mass is 10.2. The highest BCUT2D eigenvalue weighted by Crippen LogP contribution is 2.20. The highest BCUT2D eigenvalue weighted by atomic mass is 16.5. The average molecular weight is 260 g/mol. The van der Waals surface area contributed by atoms with Crippen molar-refractivity contribution in [3.05, 3.63) is 36.0 Å². The molecule has 0 spiro atoms. The number of primary amides is 1. The minimum absolute atomic E-state index is 0.141. The Bertz CT molecular complexity index is 616. The Morgan fingerprint density at radius 3 is 2.74 bits per heavy atom. The van der Waals surface area contributed by atoms with Crippen molar-refractivity contribution in [3.8, 4) is 0 Å². The number of carbonyl (C=O) groups is 2. The van der Waals surface area contributed by atoms with E-state index in [0.717, 1.165) is 18.2 Å². The van der Waals surface area contributed by atoms with Crippen LogP contribution in [0.5, 0.6) is 0 Å². The van der Waals surface area contributed by atoms with E-state index in [4.69, 9.17) is 10.5 Å². The Balaban J connectivity index is 2.41. The Kier molecular flexibility index (Phi) is 3.85. The molecule has 0 fully saturated rings. The fourth-order valence-corrected chi connectivity index (χ4v) is 1.90. The zero-order chi connectivity index (χ0) is 13.8. The first-order valence-corrected chi connectivity index (χ1v) is 6.22. The molecule has 1 amide bonds. The number of rotatable bonds is 4. The first-order valence-electron chi connectivity index (χ1n) is 6.22. The Morgan fingerprint density at radius 2 is 2.05 bits per heavy atom. The van der Waals surface area contributed by atoms with Crippen LogP contribution in [0.25, 0.3) is 10.9 Å². The van der Waals surface area contributed by atoms with Crippen molar-refractivity contribution in [2.24, 2.45) is 5.73 Å². The molecule has 1 aromatic carbocycles. The van der Waals surface area contributed by atoms with Gasteiger partial charge in [-0.3, -0.25) is 4.79 Å². The van der Waals surface area contributed by atoms with Crippen LogP contribution in [0.15, 0.2) is 30.3 Å². The maximum atomic E-state index is 12.1. The molecule has 0 aliphatic rings. The number of nitrogens with zero attached hydrogens (tertiary/aromatic N) is 1. The molecule has 0 bridgehead atoms. The molecule has 1 aromatic heterocycles. The average Bonchev–Trinajstić information content (AvgIpc) is 2.78. The molecule has 2 rings (SSSR count). The summed E-state index contributed by atoms with van der Waals surface area (Å²) in [5.41, 5.74) is 6.07. The van der Waals surface area contributed by atoms with Gasteiger partial charge in [0.2, 0.25) is 0 Å². The molecular formula is C14H16N2O3. The summed E-state index contributed by atoms with van der Waals surface area (Å²) >= 11 is 0. The van der Waals surface area contributed by atoms with Crippen LogP contribution < -0.4 is 5.73 Å². The molecule has 5 heteroatoms. The molecule has 100 valence electrons. The second kappa shape index (κ2) is 5.56. The summed E-state index contributed by atoms with van der Waals surface area (Å²) in [4.78, 5) is 23.5. The van der Waals surface area contributed by atoms with Crippen molar-refractivity contribution in [1.82, 2.24) is 4.57 Å². The van der Waals surface area contributed by atoms with Gasteiger partial charge >= 0.3 is 6.09 Å². The van der Waals surface area contributed by atoms with E-state index in [9.17, 15) is 9.59 Å². The van der Waals surface area contributed by atoms with Gasteiger partial charge in [-0.1, -0.05) is 31.5 Å². The molecule has 2 aromatic rings. The Morgan fingerprint density at radius 1 is 1.32 bits per heavy atom. The molecule has 5 nitrogen and oxygen atoms in total. The zero-order valence-corrected chi connectivity index (χ0v) is 10.8. The van der Waals surface area contributed by atoms with E-state index < -0.39 is 12.0 Å². The maximum absolute atomic E-state index is 12.1. The lowest BCUT2D eigenvalue weighted by Gasteiger charge is -2.08. The number of unbranched alkanes of at least 4 members (excludes halogenated alkanes) is 1. The lowest BCUT2D eigenvalue weighted by molar-refractivity contribution is 0.0985. The first-order chi connectivity index (χ1) is 9.15. The minimum atomic E-state index is -0.649. The molecule has 2 N–H and O–H groups in total. The highest BCUT2D eigenvalue weighted by molar-refractivity contribution is 6.02. The van der Waals surface area contributed by atoms with E-state index in [1.54, 1.807) is 18.2 Å². The molecule has 0 aliphatic carbocycles. The molecule has 0 saturated heterocycles. The number of nitrogens with two attached hydrogens (primary N) is 1. The first kappa shape index (κ1) is 13.1. The normalized spacial score (nSPS) is 10.6. The number of ether oxygens (including phenoxy) is 1. The van der Waals surface area contributed by atoms with E-state index in [-0.39, 0.29) is 5.69 Å². The zero-order valence-electron chi connectivity index (χ0n) is 10.8. The van der Waals surface area contributed by atoms with Gasteiger partial charge in [-0.05, 0) is 18.6 Å². The quantitative estimate of drug-likeness (QED) is 0.858. The largest absolute Gasteiger partial charge is 0.449 e. The van der Waals surface area contributed by atoms with Gasteiger partial charge in [-0.25, -0.2) is 9.36 Å². The SMILES string of the molecule is CCCCOC(=O)n1c(C(N)=O)cc2ccccc21. The van der Waals surface area contributed by atoms with Gasteiger partial charge in [0.25, 0.3) is 5.91 Å². The number of hydrogen-bond acceptors (Lipinski definition) is 3. The number of hydrogen-bond donors (Lipinski definition) is 1. The molecular weight excluding hydrogens is 244 g/mol. The molecule has 0 unspecified atom stereocenters. The topological polar surface area (TPSA) is 74.3 Å². The number of carbonyl (C=O) groups excluding carboxylic acids is 2. The number of fused-ring (bicyclic) bond motifs is 1. The van der Waals surface area contributed by atoms with Crippen molar-refractivity contribution in [2.45, 2.75) is 19.8 Å². The molecule has 0 atom stereocenters. The van der Waals surface area contributed by atoms with Gasteiger partial charge in [-0.15, -0.1) is 0 Å². The lowest BCUT2D eigenvalue weighted by Crippen LogP contribution is -2.23. The number of para-hydroxylation sites is 1. The van der Waals surface area contributed by atoms with Crippen molar-refractivity contribution in [1.29, 1.82) is 0 Å². The van der Waals surface area contributed by atoms with Crippen molar-refractivity contribution in [2.75, 3.05) is 6.61 Å². The van der Waals surface area contributed by atoms with E-state index in [1.165, 1.54) is 4.57 Å². The molecule has 0 radical (unpaired) electrons. The van der Waals surface area contributed by atoms with Crippen molar-refractivity contribution in [3.63, 3.8) is 0 Å². The smallest absolute Gasteiger partial charge is 0.419 e. The minimum Gasteiger partial charge on any atom is -0.449 e. The predicted octanol–water partition coefficient (Wildman–Crippen LogP) is 2.53. The second-order valence-electron chi connectivity index (χ2n) is 4.26. The van der Waals surface area contributed by atoms with Crippen LogP contribution in [0, 0.1) is 0 Å². The van der Waals surface area contributed by atoms with Crippen molar-refractivity contribution >= 4 is 22.9 Å². The molecule has 1 heterocycles. The second-order valence-corrected chi connectivity index (χ2v) is 4.26. The monoisotopic (exact) mass is 260 g/mol. The van der Waals surface area contributed by atoms with E-state index in [1.807, 2.05) is 19.1 Å². The van der Waals surface area contributed by atoms with E-state index in [0.29, 0.717) is 12.1 Å². The number of aromatic nitrogens is 1. The van der Waals surface area contributed by atoms with E-state index >= 15 is 0 Å². The van der Waals surface area contributed by atoms with Crippen LogP contribution in [0.1, 0.15) is 30.3 Å². The van der Waals surface area contributed by atoms with Gasteiger partial charge in [-0.2, -0.15) is 0 Å². The molecule has 19 heavy (non-hydrogen) atoms. The van der Waals surface area contributed by atoms with Gasteiger partial charge in [0, 0.05) is 5.39 Å². The standard InChI is InChI=1S/C14H16N2O3/c1-2-3-8-19-14(18)16-11-7-5-4-6-10(11)9-12(16)13(15)17/h4-7,9H,2-3,8H2,1H3,(H2,15,17). The van der Waals surface area contributed by atoms with Gasteiger partial charge in [0.15, 0.2) is 0 Å². The predicted molar refractivity (Wildman–Crippen MR) is 72.1 cm³/mol. The summed E-state index contributed by atoms with van der Waals surface area (Å²) in [6, 6.07) is 8.79. The highest BCUT2D eigenvalue weighted by Gasteiger charge is 2.19. The third kappa shape index (κ3) is 2.59. The van der Waals surface area contributed by atoms with Crippen molar-refractivity contribution < 1.29 is 14.3 Å². The number of benzene rings is 1. The maximum Gasteiger partial charge on any atom is 0.419 e. The Hall–Kier alpha value is -2.30. The summed E-state index contributed by atoms with van der Waals surface area (Å²) in [7, 11) is 0. The van der Waals surface area contributed by atoms with Gasteiger partial charge < -0.3 is 10.5 Å². The summed E-state index contributed by atoms with van der Waals surface area (Å²) < 4.78 is 6.37. The van der Waals surface area contributed by atoms with Crippen LogP contribution in [-0.2, 0) is 4.74 Å². The third-order valence-corrected chi connectivity index (χ3v) is 2.87. The molecule has 0 saturated carbocycles. The third-order valence-electron chi connectivity index (χ3n) is 2.87. The fourth-order valence-electron chi connectivity index (χ4n) is 1.90. The van der Waals surface area contributed by atoms with Gasteiger partial charge in [0.1, 0.15) is 5.69 Å². The summed E-state index contributed by atoms with van der Waals surface area (Å²) in [5, 5.41) is 0.781. The number of amides is 1. The Labute approximate surface area is 110 Å². The van der Waals surface area contributed by atoms with Gasteiger partial charge in [0.05, 0.1) is 12.1 Å².